The largest absolute Gasteiger partial charge is 0.416 e. The van der Waals surface area contributed by atoms with Gasteiger partial charge in [0.05, 0.1) is 5.56 Å². The van der Waals surface area contributed by atoms with Gasteiger partial charge >= 0.3 is 6.18 Å². The number of anilines is 2. The molecule has 138 valence electrons. The van der Waals surface area contributed by atoms with Gasteiger partial charge in [-0.1, -0.05) is 12.1 Å². The van der Waals surface area contributed by atoms with Crippen LogP contribution in [0.25, 0.3) is 0 Å². The van der Waals surface area contributed by atoms with Crippen LogP contribution in [0.5, 0.6) is 0 Å². The highest BCUT2D eigenvalue weighted by Gasteiger charge is 2.35. The molecule has 1 aliphatic heterocycles. The number of hydrogen-bond donors (Lipinski definition) is 1. The fourth-order valence-electron chi connectivity index (χ4n) is 3.22. The molecular formula is C19H20F3N3O. The number of amides is 1. The van der Waals surface area contributed by atoms with Crippen molar-refractivity contribution >= 4 is 17.4 Å². The van der Waals surface area contributed by atoms with Crippen LogP contribution in [0.4, 0.5) is 24.7 Å². The van der Waals surface area contributed by atoms with Gasteiger partial charge in [0.15, 0.2) is 0 Å². The van der Waals surface area contributed by atoms with Gasteiger partial charge in [-0.05, 0) is 56.5 Å². The Bertz CT molecular complexity index is 820. The standard InChI is InChI=1S/C19H20F3N3O/c1-12-5-3-6-15(9-12)24-18(26)16-7-4-8-25(16)17-11-14(19(20,21)22)10-13(2)23-17/h3,5-6,9-11,16H,4,7-8H2,1-2H3,(H,24,26)/t16-/m0/s1. The van der Waals surface area contributed by atoms with E-state index in [4.69, 9.17) is 0 Å². The van der Waals surface area contributed by atoms with E-state index < -0.39 is 17.8 Å². The third-order valence-electron chi connectivity index (χ3n) is 4.40. The fraction of sp³-hybridized carbons (Fsp3) is 0.368. The van der Waals surface area contributed by atoms with Crippen LogP contribution in [0.3, 0.4) is 0 Å². The van der Waals surface area contributed by atoms with E-state index in [9.17, 15) is 18.0 Å². The summed E-state index contributed by atoms with van der Waals surface area (Å²) in [5.74, 6) is -0.0378. The molecule has 1 aromatic heterocycles. The van der Waals surface area contributed by atoms with Gasteiger partial charge in [-0.2, -0.15) is 13.2 Å². The van der Waals surface area contributed by atoms with E-state index in [0.29, 0.717) is 18.7 Å². The summed E-state index contributed by atoms with van der Waals surface area (Å²) < 4.78 is 39.3. The summed E-state index contributed by atoms with van der Waals surface area (Å²) in [6, 6.07) is 8.90. The molecule has 1 fully saturated rings. The van der Waals surface area contributed by atoms with Gasteiger partial charge in [-0.25, -0.2) is 4.98 Å². The molecular weight excluding hydrogens is 343 g/mol. The second-order valence-electron chi connectivity index (χ2n) is 6.56. The fourth-order valence-corrected chi connectivity index (χ4v) is 3.22. The molecule has 0 bridgehead atoms. The molecule has 1 aromatic carbocycles. The number of aryl methyl sites for hydroxylation is 2. The van der Waals surface area contributed by atoms with Crippen LogP contribution in [-0.2, 0) is 11.0 Å². The monoisotopic (exact) mass is 363 g/mol. The minimum Gasteiger partial charge on any atom is -0.345 e. The third-order valence-corrected chi connectivity index (χ3v) is 4.40. The first-order chi connectivity index (χ1) is 12.2. The van der Waals surface area contributed by atoms with Gasteiger partial charge in [-0.15, -0.1) is 0 Å². The van der Waals surface area contributed by atoms with Gasteiger partial charge in [-0.3, -0.25) is 4.79 Å². The van der Waals surface area contributed by atoms with Crippen molar-refractivity contribution in [3.05, 3.63) is 53.2 Å². The molecule has 0 spiro atoms. The lowest BCUT2D eigenvalue weighted by molar-refractivity contribution is -0.137. The zero-order valence-corrected chi connectivity index (χ0v) is 14.6. The number of nitrogens with zero attached hydrogens (tertiary/aromatic N) is 2. The Hall–Kier alpha value is -2.57. The van der Waals surface area contributed by atoms with E-state index in [-0.39, 0.29) is 17.4 Å². The molecule has 2 aromatic rings. The Kier molecular flexibility index (Phi) is 4.89. The molecule has 0 aliphatic carbocycles. The maximum Gasteiger partial charge on any atom is 0.416 e. The molecule has 1 amide bonds. The highest BCUT2D eigenvalue weighted by molar-refractivity contribution is 5.97. The Morgan fingerprint density at radius 2 is 2.00 bits per heavy atom. The van der Waals surface area contributed by atoms with E-state index in [2.05, 4.69) is 10.3 Å². The molecule has 26 heavy (non-hydrogen) atoms. The number of carbonyl (C=O) groups is 1. The van der Waals surface area contributed by atoms with Gasteiger partial charge in [0.25, 0.3) is 0 Å². The first-order valence-electron chi connectivity index (χ1n) is 8.44. The summed E-state index contributed by atoms with van der Waals surface area (Å²) in [6.45, 7) is 3.95. The number of aromatic nitrogens is 1. The van der Waals surface area contributed by atoms with Crippen molar-refractivity contribution in [2.75, 3.05) is 16.8 Å². The maximum atomic E-state index is 13.1. The minimum absolute atomic E-state index is 0.194. The summed E-state index contributed by atoms with van der Waals surface area (Å²) in [7, 11) is 0. The highest BCUT2D eigenvalue weighted by atomic mass is 19.4. The topological polar surface area (TPSA) is 45.2 Å². The van der Waals surface area contributed by atoms with E-state index in [0.717, 1.165) is 24.1 Å². The number of hydrogen-bond acceptors (Lipinski definition) is 3. The van der Waals surface area contributed by atoms with E-state index in [1.54, 1.807) is 11.0 Å². The number of nitrogens with one attached hydrogen (secondary N) is 1. The molecule has 0 unspecified atom stereocenters. The summed E-state index contributed by atoms with van der Waals surface area (Å²) >= 11 is 0. The summed E-state index contributed by atoms with van der Waals surface area (Å²) in [5, 5.41) is 2.85. The molecule has 1 atom stereocenters. The van der Waals surface area contributed by atoms with Gasteiger partial charge in [0.2, 0.25) is 5.91 Å². The lowest BCUT2D eigenvalue weighted by Gasteiger charge is -2.26. The van der Waals surface area contributed by atoms with E-state index in [1.807, 2.05) is 25.1 Å². The number of carbonyl (C=O) groups excluding carboxylic acids is 1. The normalized spacial score (nSPS) is 17.4. The minimum atomic E-state index is -4.44. The van der Waals surface area contributed by atoms with Crippen LogP contribution in [0, 0.1) is 13.8 Å². The summed E-state index contributed by atoms with van der Waals surface area (Å²) in [5.41, 5.74) is 1.22. The second-order valence-corrected chi connectivity index (χ2v) is 6.56. The predicted octanol–water partition coefficient (Wildman–Crippen LogP) is 4.32. The Labute approximate surface area is 150 Å². The van der Waals surface area contributed by atoms with E-state index >= 15 is 0 Å². The third kappa shape index (κ3) is 3.98. The van der Waals surface area contributed by atoms with Crippen LogP contribution < -0.4 is 10.2 Å². The molecule has 1 aliphatic rings. The van der Waals surface area contributed by atoms with Crippen molar-refractivity contribution in [3.8, 4) is 0 Å². The zero-order chi connectivity index (χ0) is 18.9. The lowest BCUT2D eigenvalue weighted by atomic mass is 10.1. The molecule has 1 N–H and O–H groups in total. The van der Waals surface area contributed by atoms with Gasteiger partial charge < -0.3 is 10.2 Å². The van der Waals surface area contributed by atoms with Crippen LogP contribution in [0.1, 0.15) is 29.7 Å². The number of benzene rings is 1. The Morgan fingerprint density at radius 3 is 2.69 bits per heavy atom. The van der Waals surface area contributed by atoms with Gasteiger partial charge in [0, 0.05) is 17.9 Å². The number of alkyl halides is 3. The molecule has 3 rings (SSSR count). The number of halogens is 3. The molecule has 0 radical (unpaired) electrons. The van der Waals surface area contributed by atoms with Gasteiger partial charge in [0.1, 0.15) is 11.9 Å². The summed E-state index contributed by atoms with van der Waals surface area (Å²) in [4.78, 5) is 18.6. The van der Waals surface area contributed by atoms with Crippen LogP contribution in [-0.4, -0.2) is 23.5 Å². The first kappa shape index (κ1) is 18.2. The van der Waals surface area contributed by atoms with Crippen LogP contribution in [0.2, 0.25) is 0 Å². The molecule has 7 heteroatoms. The quantitative estimate of drug-likeness (QED) is 0.883. The molecule has 0 saturated carbocycles. The Morgan fingerprint density at radius 1 is 1.23 bits per heavy atom. The van der Waals surface area contributed by atoms with Crippen molar-refractivity contribution in [2.45, 2.75) is 38.9 Å². The SMILES string of the molecule is Cc1cccc(NC(=O)[C@@H]2CCCN2c2cc(C(F)(F)F)cc(C)n2)c1. The summed E-state index contributed by atoms with van der Waals surface area (Å²) in [6.07, 6.45) is -3.14. The number of rotatable bonds is 3. The van der Waals surface area contributed by atoms with Crippen LogP contribution >= 0.6 is 0 Å². The second kappa shape index (κ2) is 6.97. The first-order valence-corrected chi connectivity index (χ1v) is 8.44. The number of pyridine rings is 1. The zero-order valence-electron chi connectivity index (χ0n) is 14.6. The Balaban J connectivity index is 1.84. The molecule has 1 saturated heterocycles. The smallest absolute Gasteiger partial charge is 0.345 e. The van der Waals surface area contributed by atoms with Crippen molar-refractivity contribution < 1.29 is 18.0 Å². The highest BCUT2D eigenvalue weighted by Crippen LogP contribution is 2.33. The maximum absolute atomic E-state index is 13.1. The van der Waals surface area contributed by atoms with Crippen molar-refractivity contribution in [3.63, 3.8) is 0 Å². The van der Waals surface area contributed by atoms with Crippen molar-refractivity contribution in [1.82, 2.24) is 4.98 Å². The average Bonchev–Trinajstić information content (AvgIpc) is 3.03. The van der Waals surface area contributed by atoms with Crippen LogP contribution in [0.15, 0.2) is 36.4 Å². The van der Waals surface area contributed by atoms with Crippen molar-refractivity contribution in [1.29, 1.82) is 0 Å². The molecule has 2 heterocycles. The predicted molar refractivity (Wildman–Crippen MR) is 94.2 cm³/mol. The molecule has 4 nitrogen and oxygen atoms in total. The lowest BCUT2D eigenvalue weighted by Crippen LogP contribution is -2.40. The van der Waals surface area contributed by atoms with Crippen molar-refractivity contribution in [2.24, 2.45) is 0 Å². The average molecular weight is 363 g/mol. The van der Waals surface area contributed by atoms with E-state index in [1.165, 1.54) is 6.92 Å².